The number of benzene rings is 1. The predicted molar refractivity (Wildman–Crippen MR) is 119 cm³/mol. The van der Waals surface area contributed by atoms with Gasteiger partial charge in [-0.1, -0.05) is 39.7 Å². The molecule has 2 saturated carbocycles. The first-order valence-electron chi connectivity index (χ1n) is 11.6. The van der Waals surface area contributed by atoms with Crippen molar-refractivity contribution in [1.29, 1.82) is 0 Å². The first kappa shape index (κ1) is 20.6. The van der Waals surface area contributed by atoms with Gasteiger partial charge in [-0.05, 0) is 91.1 Å². The van der Waals surface area contributed by atoms with Gasteiger partial charge in [0.25, 0.3) is 0 Å². The largest absolute Gasteiger partial charge is 0.508 e. The Bertz CT molecular complexity index is 702. The third-order valence-corrected chi connectivity index (χ3v) is 9.58. The number of aryl methyl sites for hydroxylation is 1. The highest BCUT2D eigenvalue weighted by molar-refractivity contribution is 7.99. The van der Waals surface area contributed by atoms with E-state index in [1.165, 1.54) is 48.8 Å². The molecular formula is C25H38O2S. The van der Waals surface area contributed by atoms with Crippen LogP contribution in [0.3, 0.4) is 0 Å². The average Bonchev–Trinajstić information content (AvgIpc) is 2.99. The van der Waals surface area contributed by atoms with Crippen molar-refractivity contribution in [1.82, 2.24) is 0 Å². The van der Waals surface area contributed by atoms with Crippen LogP contribution >= 0.6 is 11.8 Å². The molecule has 0 heterocycles. The Morgan fingerprint density at radius 1 is 1.18 bits per heavy atom. The molecule has 0 amide bonds. The van der Waals surface area contributed by atoms with E-state index in [1.54, 1.807) is 0 Å². The highest BCUT2D eigenvalue weighted by atomic mass is 32.2. The summed E-state index contributed by atoms with van der Waals surface area (Å²) < 4.78 is 0. The highest BCUT2D eigenvalue weighted by Gasteiger charge is 2.54. The molecule has 0 aliphatic heterocycles. The summed E-state index contributed by atoms with van der Waals surface area (Å²) in [5.41, 5.74) is 4.24. The lowest BCUT2D eigenvalue weighted by Gasteiger charge is -2.50. The second-order valence-electron chi connectivity index (χ2n) is 9.75. The van der Waals surface area contributed by atoms with Crippen LogP contribution in [0.5, 0.6) is 5.75 Å². The van der Waals surface area contributed by atoms with Gasteiger partial charge in [0.05, 0.1) is 6.10 Å². The van der Waals surface area contributed by atoms with Crippen molar-refractivity contribution < 1.29 is 10.2 Å². The lowest BCUT2D eigenvalue weighted by atomic mass is 9.55. The van der Waals surface area contributed by atoms with Gasteiger partial charge in [0.2, 0.25) is 0 Å². The van der Waals surface area contributed by atoms with Gasteiger partial charge < -0.3 is 10.2 Å². The maximum atomic E-state index is 10.8. The number of aliphatic hydroxyl groups is 1. The van der Waals surface area contributed by atoms with Crippen LogP contribution in [0.15, 0.2) is 12.1 Å². The number of thioether (sulfide) groups is 1. The zero-order chi connectivity index (χ0) is 19.9. The second-order valence-corrected chi connectivity index (χ2v) is 11.2. The Hall–Kier alpha value is -0.670. The molecule has 2 nitrogen and oxygen atoms in total. The second kappa shape index (κ2) is 8.22. The van der Waals surface area contributed by atoms with Gasteiger partial charge in [-0.25, -0.2) is 0 Å². The normalized spacial score (nSPS) is 35.1. The van der Waals surface area contributed by atoms with Crippen molar-refractivity contribution in [2.45, 2.75) is 95.8 Å². The minimum atomic E-state index is -0.102. The smallest absolute Gasteiger partial charge is 0.120 e. The molecule has 3 heteroatoms. The summed E-state index contributed by atoms with van der Waals surface area (Å²) in [5.74, 6) is 3.64. The van der Waals surface area contributed by atoms with Gasteiger partial charge in [-0.3, -0.25) is 0 Å². The Morgan fingerprint density at radius 3 is 2.75 bits per heavy atom. The lowest BCUT2D eigenvalue weighted by molar-refractivity contribution is -0.0226. The molecule has 0 aromatic heterocycles. The monoisotopic (exact) mass is 402 g/mol. The van der Waals surface area contributed by atoms with E-state index in [4.69, 9.17) is 0 Å². The maximum absolute atomic E-state index is 10.8. The molecule has 3 aliphatic carbocycles. The standard InChI is InChI=1S/C25H38O2S/c1-4-6-7-23(28-5-2)20-15-19-16(14-22(20)26)8-9-18-17(19)12-13-25(3)21(18)10-11-24(25)27/h14-15,17-18,21,23-24,26-27H,4-13H2,1-3H3. The Balaban J connectivity index is 1.66. The van der Waals surface area contributed by atoms with E-state index >= 15 is 0 Å². The fraction of sp³-hybridized carbons (Fsp3) is 0.760. The van der Waals surface area contributed by atoms with Gasteiger partial charge in [-0.2, -0.15) is 11.8 Å². The molecule has 1 aromatic carbocycles. The summed E-state index contributed by atoms with van der Waals surface area (Å²) in [6.07, 6.45) is 10.3. The zero-order valence-electron chi connectivity index (χ0n) is 17.9. The van der Waals surface area contributed by atoms with Crippen LogP contribution in [0.1, 0.15) is 100.0 Å². The summed E-state index contributed by atoms with van der Waals surface area (Å²) in [6.45, 7) is 6.82. The van der Waals surface area contributed by atoms with Crippen molar-refractivity contribution in [2.24, 2.45) is 17.3 Å². The van der Waals surface area contributed by atoms with Crippen molar-refractivity contribution >= 4 is 11.8 Å². The number of phenols is 1. The molecule has 3 aliphatic rings. The number of hydrogen-bond acceptors (Lipinski definition) is 3. The Labute approximate surface area is 175 Å². The molecule has 6 unspecified atom stereocenters. The first-order valence-corrected chi connectivity index (χ1v) is 12.7. The van der Waals surface area contributed by atoms with Gasteiger partial charge in [0.15, 0.2) is 0 Å². The highest BCUT2D eigenvalue weighted by Crippen LogP contribution is 2.61. The molecule has 1 aromatic rings. The first-order chi connectivity index (χ1) is 13.5. The number of aromatic hydroxyl groups is 1. The third-order valence-electron chi connectivity index (χ3n) is 8.36. The van der Waals surface area contributed by atoms with Crippen LogP contribution < -0.4 is 0 Å². The Kier molecular flexibility index (Phi) is 6.05. The van der Waals surface area contributed by atoms with Crippen LogP contribution in [0, 0.1) is 17.3 Å². The van der Waals surface area contributed by atoms with E-state index in [9.17, 15) is 10.2 Å². The zero-order valence-corrected chi connectivity index (χ0v) is 18.7. The van der Waals surface area contributed by atoms with Crippen molar-refractivity contribution in [3.63, 3.8) is 0 Å². The lowest BCUT2D eigenvalue weighted by Crippen LogP contribution is -2.43. The topological polar surface area (TPSA) is 40.5 Å². The van der Waals surface area contributed by atoms with Crippen molar-refractivity contribution in [3.8, 4) is 5.75 Å². The van der Waals surface area contributed by atoms with Crippen molar-refractivity contribution in [2.75, 3.05) is 5.75 Å². The molecule has 28 heavy (non-hydrogen) atoms. The van der Waals surface area contributed by atoms with E-state index in [0.29, 0.717) is 28.8 Å². The number of hydrogen-bond donors (Lipinski definition) is 2. The molecule has 0 bridgehead atoms. The van der Waals surface area contributed by atoms with E-state index in [-0.39, 0.29) is 11.5 Å². The van der Waals surface area contributed by atoms with Crippen LogP contribution in [0.2, 0.25) is 0 Å². The number of rotatable bonds is 6. The maximum Gasteiger partial charge on any atom is 0.120 e. The fourth-order valence-electron chi connectivity index (χ4n) is 6.78. The van der Waals surface area contributed by atoms with Crippen LogP contribution in [-0.2, 0) is 6.42 Å². The summed E-state index contributed by atoms with van der Waals surface area (Å²) in [6, 6.07) is 4.51. The summed E-state index contributed by atoms with van der Waals surface area (Å²) >= 11 is 1.99. The minimum Gasteiger partial charge on any atom is -0.508 e. The number of aliphatic hydroxyl groups excluding tert-OH is 1. The molecule has 156 valence electrons. The van der Waals surface area contributed by atoms with Gasteiger partial charge in [0.1, 0.15) is 5.75 Å². The summed E-state index contributed by atoms with van der Waals surface area (Å²) in [7, 11) is 0. The van der Waals surface area contributed by atoms with Crippen LogP contribution in [0.25, 0.3) is 0 Å². The summed E-state index contributed by atoms with van der Waals surface area (Å²) in [5, 5.41) is 21.9. The molecular weight excluding hydrogens is 364 g/mol. The van der Waals surface area contributed by atoms with Crippen LogP contribution in [0.4, 0.5) is 0 Å². The van der Waals surface area contributed by atoms with Gasteiger partial charge in [0, 0.05) is 10.8 Å². The molecule has 0 radical (unpaired) electrons. The molecule has 4 rings (SSSR count). The predicted octanol–water partition coefficient (Wildman–Crippen LogP) is 6.59. The SMILES string of the molecule is CCCCC(SCC)c1cc2c(cc1O)CCC1C2CCC2(C)C(O)CCC12. The molecule has 2 fully saturated rings. The quantitative estimate of drug-likeness (QED) is 0.563. The number of unbranched alkanes of at least 4 members (excludes halogenated alkanes) is 1. The minimum absolute atomic E-state index is 0.102. The fourth-order valence-corrected chi connectivity index (χ4v) is 7.88. The van der Waals surface area contributed by atoms with Gasteiger partial charge in [-0.15, -0.1) is 0 Å². The van der Waals surface area contributed by atoms with Crippen LogP contribution in [-0.4, -0.2) is 22.1 Å². The number of phenolic OH excluding ortho intramolecular Hbond substituents is 1. The molecule has 6 atom stereocenters. The average molecular weight is 403 g/mol. The third kappa shape index (κ3) is 3.41. The Morgan fingerprint density at radius 2 is 2.00 bits per heavy atom. The molecule has 0 saturated heterocycles. The van der Waals surface area contributed by atoms with Gasteiger partial charge >= 0.3 is 0 Å². The van der Waals surface area contributed by atoms with E-state index in [0.717, 1.165) is 31.4 Å². The molecule has 0 spiro atoms. The number of fused-ring (bicyclic) bond motifs is 5. The van der Waals surface area contributed by atoms with E-state index < -0.39 is 0 Å². The van der Waals surface area contributed by atoms with E-state index in [1.807, 2.05) is 11.8 Å². The summed E-state index contributed by atoms with van der Waals surface area (Å²) in [4.78, 5) is 0. The van der Waals surface area contributed by atoms with Crippen molar-refractivity contribution in [3.05, 3.63) is 28.8 Å². The van der Waals surface area contributed by atoms with E-state index in [2.05, 4.69) is 32.9 Å². The molecule has 2 N–H and O–H groups in total.